The fourth-order valence-electron chi connectivity index (χ4n) is 3.34. The first-order valence-corrected chi connectivity index (χ1v) is 8.55. The lowest BCUT2D eigenvalue weighted by Gasteiger charge is -2.34. The first-order chi connectivity index (χ1) is 11.1. The fourth-order valence-corrected chi connectivity index (χ4v) is 3.52. The monoisotopic (exact) mass is 335 g/mol. The predicted molar refractivity (Wildman–Crippen MR) is 90.8 cm³/mol. The second-order valence-electron chi connectivity index (χ2n) is 6.27. The third-order valence-corrected chi connectivity index (χ3v) is 4.90. The Balaban J connectivity index is 1.64. The number of halogens is 1. The average molecular weight is 336 g/mol. The molecule has 5 nitrogen and oxygen atoms in total. The van der Waals surface area contributed by atoms with E-state index in [1.165, 1.54) is 6.42 Å². The molecule has 3 rings (SSSR count). The van der Waals surface area contributed by atoms with Crippen LogP contribution in [0.4, 0.5) is 10.5 Å². The summed E-state index contributed by atoms with van der Waals surface area (Å²) in [4.78, 5) is 30.3. The molecule has 1 aromatic carbocycles. The van der Waals surface area contributed by atoms with E-state index in [9.17, 15) is 9.59 Å². The Hall–Kier alpha value is -1.75. The zero-order valence-electron chi connectivity index (χ0n) is 13.4. The second kappa shape index (κ2) is 6.79. The number of anilines is 1. The molecule has 2 saturated heterocycles. The molecule has 0 saturated carbocycles. The molecule has 2 heterocycles. The number of hydrogen-bond donors (Lipinski definition) is 0. The maximum Gasteiger partial charge on any atom is 0.325 e. The number of benzene rings is 1. The normalized spacial score (nSPS) is 21.9. The molecular weight excluding hydrogens is 314 g/mol. The minimum absolute atomic E-state index is 0.0542. The number of nitrogens with zero attached hydrogens (tertiary/aromatic N) is 3. The van der Waals surface area contributed by atoms with Gasteiger partial charge < -0.3 is 9.80 Å². The lowest BCUT2D eigenvalue weighted by molar-refractivity contribution is -0.134. The highest BCUT2D eigenvalue weighted by molar-refractivity contribution is 6.30. The molecule has 2 fully saturated rings. The number of likely N-dealkylation sites (tertiary alicyclic amines) is 1. The van der Waals surface area contributed by atoms with E-state index in [1.807, 2.05) is 17.0 Å². The van der Waals surface area contributed by atoms with Crippen molar-refractivity contribution in [3.63, 3.8) is 0 Å². The van der Waals surface area contributed by atoms with Crippen LogP contribution in [0.15, 0.2) is 24.3 Å². The second-order valence-corrected chi connectivity index (χ2v) is 6.70. The van der Waals surface area contributed by atoms with Crippen LogP contribution in [0.1, 0.15) is 26.2 Å². The molecule has 2 aliphatic rings. The van der Waals surface area contributed by atoms with Gasteiger partial charge >= 0.3 is 6.03 Å². The largest absolute Gasteiger partial charge is 0.338 e. The number of carbonyl (C=O) groups excluding carboxylic acids is 2. The van der Waals surface area contributed by atoms with Crippen LogP contribution in [0.3, 0.4) is 0 Å². The zero-order chi connectivity index (χ0) is 16.4. The van der Waals surface area contributed by atoms with Crippen molar-refractivity contribution in [2.45, 2.75) is 32.2 Å². The van der Waals surface area contributed by atoms with Gasteiger partial charge in [0.2, 0.25) is 5.91 Å². The summed E-state index contributed by atoms with van der Waals surface area (Å²) in [6.45, 7) is 4.21. The zero-order valence-corrected chi connectivity index (χ0v) is 14.1. The molecule has 1 unspecified atom stereocenters. The van der Waals surface area contributed by atoms with Crippen molar-refractivity contribution in [3.05, 3.63) is 29.3 Å². The summed E-state index contributed by atoms with van der Waals surface area (Å²) in [7, 11) is 0. The van der Waals surface area contributed by atoms with E-state index in [2.05, 4.69) is 6.92 Å². The number of urea groups is 1. The van der Waals surface area contributed by atoms with Crippen molar-refractivity contribution >= 4 is 29.2 Å². The van der Waals surface area contributed by atoms with E-state index >= 15 is 0 Å². The van der Waals surface area contributed by atoms with Crippen molar-refractivity contribution in [1.82, 2.24) is 9.80 Å². The van der Waals surface area contributed by atoms with Crippen molar-refractivity contribution in [1.29, 1.82) is 0 Å². The van der Waals surface area contributed by atoms with Crippen LogP contribution in [-0.4, -0.2) is 54.0 Å². The standard InChI is InChI=1S/C17H22ClN3O2/c1-13-5-2-3-8-20(13)16(22)12-19-9-10-21(17(19)23)15-7-4-6-14(18)11-15/h4,6-7,11,13H,2-3,5,8-10,12H2,1H3. The van der Waals surface area contributed by atoms with Gasteiger partial charge in [-0.2, -0.15) is 0 Å². The molecule has 2 aliphatic heterocycles. The van der Waals surface area contributed by atoms with Crippen molar-refractivity contribution in [3.8, 4) is 0 Å². The van der Waals surface area contributed by atoms with Crippen molar-refractivity contribution in [2.75, 3.05) is 31.1 Å². The summed E-state index contributed by atoms with van der Waals surface area (Å²) < 4.78 is 0. The Kier molecular flexibility index (Phi) is 4.76. The Bertz CT molecular complexity index is 607. The molecule has 0 aliphatic carbocycles. The molecular formula is C17H22ClN3O2. The minimum atomic E-state index is -0.120. The van der Waals surface area contributed by atoms with Crippen LogP contribution in [0.5, 0.6) is 0 Å². The molecule has 0 bridgehead atoms. The minimum Gasteiger partial charge on any atom is -0.338 e. The SMILES string of the molecule is CC1CCCCN1C(=O)CN1CCN(c2cccc(Cl)c2)C1=O. The summed E-state index contributed by atoms with van der Waals surface area (Å²) in [5.41, 5.74) is 0.781. The van der Waals surface area contributed by atoms with E-state index in [1.54, 1.807) is 21.9 Å². The van der Waals surface area contributed by atoms with Gasteiger partial charge in [-0.25, -0.2) is 4.79 Å². The van der Waals surface area contributed by atoms with Gasteiger partial charge in [-0.15, -0.1) is 0 Å². The average Bonchev–Trinajstić information content (AvgIpc) is 2.88. The van der Waals surface area contributed by atoms with Crippen LogP contribution in [0, 0.1) is 0 Å². The number of hydrogen-bond acceptors (Lipinski definition) is 2. The van der Waals surface area contributed by atoms with Gasteiger partial charge in [0.25, 0.3) is 0 Å². The van der Waals surface area contributed by atoms with Crippen LogP contribution in [0.25, 0.3) is 0 Å². The maximum absolute atomic E-state index is 12.6. The quantitative estimate of drug-likeness (QED) is 0.852. The Labute approximate surface area is 141 Å². The van der Waals surface area contributed by atoms with Gasteiger partial charge in [-0.1, -0.05) is 17.7 Å². The summed E-state index contributed by atoms with van der Waals surface area (Å²) in [6.07, 6.45) is 3.28. The highest BCUT2D eigenvalue weighted by Gasteiger charge is 2.33. The summed E-state index contributed by atoms with van der Waals surface area (Å²) in [5, 5.41) is 0.604. The molecule has 1 atom stereocenters. The van der Waals surface area contributed by atoms with E-state index in [4.69, 9.17) is 11.6 Å². The molecule has 0 N–H and O–H groups in total. The van der Waals surface area contributed by atoms with Crippen LogP contribution in [-0.2, 0) is 4.79 Å². The predicted octanol–water partition coefficient (Wildman–Crippen LogP) is 2.98. The van der Waals surface area contributed by atoms with E-state index in [0.717, 1.165) is 25.1 Å². The van der Waals surface area contributed by atoms with Gasteiger partial charge in [0, 0.05) is 36.4 Å². The molecule has 3 amide bonds. The number of rotatable bonds is 3. The molecule has 0 radical (unpaired) electrons. The van der Waals surface area contributed by atoms with E-state index in [-0.39, 0.29) is 24.5 Å². The van der Waals surface area contributed by atoms with Gasteiger partial charge in [0.15, 0.2) is 0 Å². The van der Waals surface area contributed by atoms with Gasteiger partial charge in [0.1, 0.15) is 6.54 Å². The summed E-state index contributed by atoms with van der Waals surface area (Å²) in [6, 6.07) is 7.40. The number of amides is 3. The smallest absolute Gasteiger partial charge is 0.325 e. The Morgan fingerprint density at radius 1 is 1.26 bits per heavy atom. The highest BCUT2D eigenvalue weighted by atomic mass is 35.5. The molecule has 6 heteroatoms. The topological polar surface area (TPSA) is 43.9 Å². The molecule has 0 aromatic heterocycles. The summed E-state index contributed by atoms with van der Waals surface area (Å²) in [5.74, 6) is 0.0542. The third kappa shape index (κ3) is 3.44. The van der Waals surface area contributed by atoms with Gasteiger partial charge in [-0.3, -0.25) is 9.69 Å². The third-order valence-electron chi connectivity index (χ3n) is 4.66. The molecule has 23 heavy (non-hydrogen) atoms. The fraction of sp³-hybridized carbons (Fsp3) is 0.529. The van der Waals surface area contributed by atoms with Gasteiger partial charge in [-0.05, 0) is 44.4 Å². The van der Waals surface area contributed by atoms with E-state index < -0.39 is 0 Å². The highest BCUT2D eigenvalue weighted by Crippen LogP contribution is 2.24. The van der Waals surface area contributed by atoms with Crippen LogP contribution in [0.2, 0.25) is 5.02 Å². The molecule has 1 aromatic rings. The first kappa shape index (κ1) is 16.1. The first-order valence-electron chi connectivity index (χ1n) is 8.18. The number of carbonyl (C=O) groups is 2. The lowest BCUT2D eigenvalue weighted by Crippen LogP contribution is -2.47. The van der Waals surface area contributed by atoms with Crippen LogP contribution < -0.4 is 4.90 Å². The van der Waals surface area contributed by atoms with Gasteiger partial charge in [0.05, 0.1) is 0 Å². The van der Waals surface area contributed by atoms with Crippen LogP contribution >= 0.6 is 11.6 Å². The Morgan fingerprint density at radius 2 is 2.09 bits per heavy atom. The molecule has 0 spiro atoms. The lowest BCUT2D eigenvalue weighted by atomic mass is 10.0. The van der Waals surface area contributed by atoms with Crippen molar-refractivity contribution in [2.24, 2.45) is 0 Å². The molecule has 124 valence electrons. The maximum atomic E-state index is 12.6. The summed E-state index contributed by atoms with van der Waals surface area (Å²) >= 11 is 6.00. The number of piperidine rings is 1. The van der Waals surface area contributed by atoms with E-state index in [0.29, 0.717) is 18.1 Å². The Morgan fingerprint density at radius 3 is 2.83 bits per heavy atom. The van der Waals surface area contributed by atoms with Crippen molar-refractivity contribution < 1.29 is 9.59 Å².